The van der Waals surface area contributed by atoms with Crippen molar-refractivity contribution in [3.05, 3.63) is 96.1 Å². The monoisotopic (exact) mass is 378 g/mol. The third kappa shape index (κ3) is 8.72. The van der Waals surface area contributed by atoms with Crippen LogP contribution in [0.3, 0.4) is 0 Å². The molecule has 0 fully saturated rings. The number of para-hydroxylation sites is 3. The second-order valence-corrected chi connectivity index (χ2v) is 5.55. The molecule has 0 saturated carbocycles. The topological polar surface area (TPSA) is 55.8 Å². The Morgan fingerprint density at radius 2 is 1.29 bits per heavy atom. The van der Waals surface area contributed by atoms with Gasteiger partial charge in [-0.2, -0.15) is 0 Å². The van der Waals surface area contributed by atoms with Crippen LogP contribution in [-0.4, -0.2) is 25.6 Å². The minimum atomic E-state index is 0.181. The van der Waals surface area contributed by atoms with Crippen molar-refractivity contribution in [1.82, 2.24) is 0 Å². The van der Waals surface area contributed by atoms with Gasteiger partial charge in [-0.1, -0.05) is 66.7 Å². The molecule has 0 amide bonds. The maximum atomic E-state index is 9.89. The normalized spacial score (nSPS) is 9.39. The summed E-state index contributed by atoms with van der Waals surface area (Å²) in [6.07, 6.45) is 4.02. The Kier molecular flexibility index (Phi) is 11.0. The van der Waals surface area contributed by atoms with Crippen LogP contribution in [0.1, 0.15) is 11.1 Å². The largest absolute Gasteiger partial charge is 0.504 e. The van der Waals surface area contributed by atoms with Crippen molar-refractivity contribution in [1.29, 1.82) is 0 Å². The molecule has 0 unspecified atom stereocenters. The molecule has 0 aliphatic heterocycles. The van der Waals surface area contributed by atoms with Gasteiger partial charge in [0.25, 0.3) is 0 Å². The zero-order chi connectivity index (χ0) is 20.6. The van der Waals surface area contributed by atoms with Crippen LogP contribution in [-0.2, 0) is 4.79 Å². The Balaban J connectivity index is 0.000000210. The van der Waals surface area contributed by atoms with Gasteiger partial charge in [-0.25, -0.2) is 0 Å². The van der Waals surface area contributed by atoms with Crippen molar-refractivity contribution in [2.75, 3.05) is 14.2 Å². The van der Waals surface area contributed by atoms with E-state index in [1.165, 1.54) is 18.7 Å². The summed E-state index contributed by atoms with van der Waals surface area (Å²) in [5.41, 5.74) is 2.23. The van der Waals surface area contributed by atoms with Crippen LogP contribution in [0, 0.1) is 6.92 Å². The molecule has 3 rings (SSSR count). The molecule has 0 radical (unpaired) electrons. The molecular formula is C24H26O4. The fourth-order valence-electron chi connectivity index (χ4n) is 2.13. The van der Waals surface area contributed by atoms with Crippen LogP contribution >= 0.6 is 0 Å². The van der Waals surface area contributed by atoms with E-state index in [1.54, 1.807) is 37.5 Å². The number of aryl methyl sites for hydroxylation is 1. The summed E-state index contributed by atoms with van der Waals surface area (Å²) in [7, 11) is 3.21. The smallest absolute Gasteiger partial charge is 0.160 e. The van der Waals surface area contributed by atoms with Crippen LogP contribution < -0.4 is 9.47 Å². The highest BCUT2D eigenvalue weighted by atomic mass is 16.5. The predicted molar refractivity (Wildman–Crippen MR) is 114 cm³/mol. The van der Waals surface area contributed by atoms with Crippen LogP contribution in [0.2, 0.25) is 0 Å². The number of benzene rings is 3. The lowest BCUT2D eigenvalue weighted by atomic mass is 10.2. The van der Waals surface area contributed by atoms with Crippen molar-refractivity contribution in [2.24, 2.45) is 0 Å². The van der Waals surface area contributed by atoms with E-state index in [4.69, 9.17) is 14.6 Å². The average molecular weight is 378 g/mol. The summed E-state index contributed by atoms with van der Waals surface area (Å²) in [5.74, 6) is 1.65. The summed E-state index contributed by atoms with van der Waals surface area (Å²) in [6.45, 7) is 2.03. The summed E-state index contributed by atoms with van der Waals surface area (Å²) in [5, 5.41) is 8.99. The van der Waals surface area contributed by atoms with E-state index in [-0.39, 0.29) is 5.75 Å². The number of aromatic hydroxyl groups is 1. The van der Waals surface area contributed by atoms with Gasteiger partial charge in [0, 0.05) is 0 Å². The van der Waals surface area contributed by atoms with Gasteiger partial charge in [-0.15, -0.1) is 0 Å². The van der Waals surface area contributed by atoms with Gasteiger partial charge in [0.05, 0.1) is 14.2 Å². The number of aldehydes is 1. The minimum absolute atomic E-state index is 0.181. The molecule has 0 bridgehead atoms. The molecule has 0 aliphatic carbocycles. The summed E-state index contributed by atoms with van der Waals surface area (Å²) < 4.78 is 9.84. The number of allylic oxidation sites excluding steroid dienone is 1. The molecule has 28 heavy (non-hydrogen) atoms. The number of ether oxygens (including phenoxy) is 2. The maximum absolute atomic E-state index is 9.89. The van der Waals surface area contributed by atoms with Crippen LogP contribution in [0.15, 0.2) is 84.9 Å². The van der Waals surface area contributed by atoms with Gasteiger partial charge >= 0.3 is 0 Å². The van der Waals surface area contributed by atoms with E-state index >= 15 is 0 Å². The second kappa shape index (κ2) is 13.6. The highest BCUT2D eigenvalue weighted by Crippen LogP contribution is 2.23. The third-order valence-corrected chi connectivity index (χ3v) is 3.57. The number of hydrogen-bond acceptors (Lipinski definition) is 4. The molecular weight excluding hydrogens is 352 g/mol. The minimum Gasteiger partial charge on any atom is -0.504 e. The number of methoxy groups -OCH3 is 2. The molecule has 1 N–H and O–H groups in total. The van der Waals surface area contributed by atoms with Crippen molar-refractivity contribution >= 4 is 12.4 Å². The van der Waals surface area contributed by atoms with Gasteiger partial charge in [0.2, 0.25) is 0 Å². The molecule has 0 saturated heterocycles. The molecule has 0 heterocycles. The first-order valence-electron chi connectivity index (χ1n) is 8.70. The summed E-state index contributed by atoms with van der Waals surface area (Å²) in [6, 6.07) is 24.5. The van der Waals surface area contributed by atoms with E-state index in [9.17, 15) is 4.79 Å². The zero-order valence-electron chi connectivity index (χ0n) is 16.4. The van der Waals surface area contributed by atoms with Crippen LogP contribution in [0.25, 0.3) is 6.08 Å². The quantitative estimate of drug-likeness (QED) is 0.494. The first-order valence-corrected chi connectivity index (χ1v) is 8.70. The fraction of sp³-hybridized carbons (Fsp3) is 0.125. The highest BCUT2D eigenvalue weighted by molar-refractivity contribution is 5.73. The molecule has 0 aliphatic rings. The number of rotatable bonds is 4. The number of phenols is 1. The molecule has 4 heteroatoms. The van der Waals surface area contributed by atoms with E-state index in [2.05, 4.69) is 0 Å². The maximum Gasteiger partial charge on any atom is 0.160 e. The van der Waals surface area contributed by atoms with Crippen molar-refractivity contribution < 1.29 is 19.4 Å². The van der Waals surface area contributed by atoms with Gasteiger partial charge in [-0.3, -0.25) is 4.79 Å². The first-order chi connectivity index (χ1) is 13.6. The lowest BCUT2D eigenvalue weighted by Crippen LogP contribution is -1.84. The van der Waals surface area contributed by atoms with Gasteiger partial charge < -0.3 is 14.6 Å². The van der Waals surface area contributed by atoms with Gasteiger partial charge in [0.15, 0.2) is 11.5 Å². The highest BCUT2D eigenvalue weighted by Gasteiger charge is 1.94. The zero-order valence-corrected chi connectivity index (χ0v) is 16.4. The first kappa shape index (κ1) is 22.5. The molecule has 3 aromatic rings. The number of hydrogen-bond donors (Lipinski definition) is 1. The lowest BCUT2D eigenvalue weighted by Gasteiger charge is -2.00. The molecule has 4 nitrogen and oxygen atoms in total. The van der Waals surface area contributed by atoms with Gasteiger partial charge in [0.1, 0.15) is 12.0 Å². The molecule has 146 valence electrons. The van der Waals surface area contributed by atoms with E-state index < -0.39 is 0 Å². The van der Waals surface area contributed by atoms with E-state index in [0.717, 1.165) is 17.6 Å². The third-order valence-electron chi connectivity index (χ3n) is 3.57. The molecule has 0 atom stereocenters. The summed E-state index contributed by atoms with van der Waals surface area (Å²) >= 11 is 0. The Morgan fingerprint density at radius 3 is 1.75 bits per heavy atom. The Morgan fingerprint density at radius 1 is 0.750 bits per heavy atom. The van der Waals surface area contributed by atoms with E-state index in [0.29, 0.717) is 5.75 Å². The van der Waals surface area contributed by atoms with Crippen molar-refractivity contribution in [3.63, 3.8) is 0 Å². The second-order valence-electron chi connectivity index (χ2n) is 5.55. The Labute approximate surface area is 166 Å². The van der Waals surface area contributed by atoms with Crippen LogP contribution in [0.4, 0.5) is 0 Å². The fourth-order valence-corrected chi connectivity index (χ4v) is 2.13. The van der Waals surface area contributed by atoms with E-state index in [1.807, 2.05) is 61.5 Å². The molecule has 3 aromatic carbocycles. The summed E-state index contributed by atoms with van der Waals surface area (Å²) in [4.78, 5) is 9.89. The number of carbonyl (C=O) groups excluding carboxylic acids is 1. The average Bonchev–Trinajstić information content (AvgIpc) is 2.75. The van der Waals surface area contributed by atoms with Crippen molar-refractivity contribution in [2.45, 2.75) is 6.92 Å². The Hall–Kier alpha value is -3.53. The lowest BCUT2D eigenvalue weighted by molar-refractivity contribution is -0.104. The Bertz CT molecular complexity index is 796. The molecule has 0 aromatic heterocycles. The van der Waals surface area contributed by atoms with Crippen LogP contribution in [0.5, 0.6) is 17.2 Å². The SMILES string of the molecule is COc1ccccc1C.COc1ccccc1O.O=CC=Cc1ccccc1. The molecule has 0 spiro atoms. The predicted octanol–water partition coefficient (Wildman–Crippen LogP) is 5.30. The number of carbonyl (C=O) groups is 1. The standard InChI is InChI=1S/C9H8O.C8H10O.C7H8O2/c10-8-4-7-9-5-2-1-3-6-9;1-7-5-3-4-6-8(7)9-2;1-9-7-5-3-2-4-6(7)8/h1-8H;3-6H,1-2H3;2-5,8H,1H3. The van der Waals surface area contributed by atoms with Gasteiger partial charge in [-0.05, 0) is 42.3 Å². The van der Waals surface area contributed by atoms with Crippen molar-refractivity contribution in [3.8, 4) is 17.2 Å². The number of phenolic OH excluding ortho intramolecular Hbond substituents is 1.